The number of carbonyl (C=O) groups excluding carboxylic acids is 5. The van der Waals surface area contributed by atoms with E-state index < -0.39 is 108 Å². The summed E-state index contributed by atoms with van der Waals surface area (Å²) in [6, 6.07) is -5.66. The van der Waals surface area contributed by atoms with E-state index in [9.17, 15) is 50.7 Å². The first kappa shape index (κ1) is 59.5. The lowest BCUT2D eigenvalue weighted by molar-refractivity contribution is -0.154. The van der Waals surface area contributed by atoms with Crippen LogP contribution < -0.4 is 21.3 Å². The summed E-state index contributed by atoms with van der Waals surface area (Å²) in [5.41, 5.74) is -2.39. The van der Waals surface area contributed by atoms with Crippen LogP contribution in [0.15, 0.2) is 0 Å². The van der Waals surface area contributed by atoms with Crippen LogP contribution in [0.1, 0.15) is 111 Å². The number of hydrogen-bond acceptors (Lipinski definition) is 11. The van der Waals surface area contributed by atoms with Crippen LogP contribution in [0, 0.1) is 56.2 Å². The van der Waals surface area contributed by atoms with Crippen molar-refractivity contribution in [2.24, 2.45) is 56.2 Å². The lowest BCUT2D eigenvalue weighted by Gasteiger charge is -2.38. The molecule has 4 aliphatic rings. The number of amides is 6. The van der Waals surface area contributed by atoms with Crippen LogP contribution in [0.4, 0.5) is 9.59 Å². The van der Waals surface area contributed by atoms with Crippen LogP contribution in [0.3, 0.4) is 0 Å². The summed E-state index contributed by atoms with van der Waals surface area (Å²) in [7, 11) is -2.65. The molecule has 20 nitrogen and oxygen atoms in total. The first-order valence-corrected chi connectivity index (χ1v) is 27.3. The van der Waals surface area contributed by atoms with Crippen LogP contribution in [0.5, 0.6) is 0 Å². The number of methoxy groups -OCH3 is 1. The Labute approximate surface area is 412 Å². The highest BCUT2D eigenvalue weighted by atomic mass is 32.2. The van der Waals surface area contributed by atoms with Gasteiger partial charge in [0, 0.05) is 64.2 Å². The standard InChI is InChI=1S/C24H44N4O6S.C23H42N4O6S/c1-22(2,3)15(13-27(9)35(11,32)33)25-21(31)26-18(23(4,5)6)19(29)28-12-14-16(24(14,7)8)17(28)20(30)34-10;1-21(2,3)14(12-26(9)34(10,32)33)24-20(31)25-17(22(4,5)6)18(28)27-11-13-15(23(13,7)8)16(27)19(29)30/h14-18H,12-13H2,1-11H3,(H2,25,26,31);13-17H,11-12H2,1-10H3,(H,29,30)(H2,24,25,31)/t14-,15+,16-,17-,18+;13-,14+,15-,16-,17+/m00/s1. The van der Waals surface area contributed by atoms with Gasteiger partial charge in [0.1, 0.15) is 24.2 Å². The molecule has 398 valence electrons. The van der Waals surface area contributed by atoms with Crippen molar-refractivity contribution in [3.8, 4) is 0 Å². The van der Waals surface area contributed by atoms with Crippen molar-refractivity contribution in [1.29, 1.82) is 0 Å². The third-order valence-corrected chi connectivity index (χ3v) is 17.7. The fourth-order valence-corrected chi connectivity index (χ4v) is 10.7. The number of rotatable bonds is 14. The normalized spacial score (nSPS) is 25.7. The molecule has 10 atom stereocenters. The van der Waals surface area contributed by atoms with E-state index in [1.54, 1.807) is 4.90 Å². The first-order chi connectivity index (χ1) is 30.7. The number of carboxylic acids is 1. The monoisotopic (exact) mass is 1020 g/mol. The fourth-order valence-electron chi connectivity index (χ4n) is 9.85. The smallest absolute Gasteiger partial charge is 0.328 e. The largest absolute Gasteiger partial charge is 0.480 e. The van der Waals surface area contributed by atoms with Gasteiger partial charge in [-0.25, -0.2) is 44.6 Å². The van der Waals surface area contributed by atoms with E-state index in [-0.39, 0.29) is 53.5 Å². The number of carbonyl (C=O) groups is 6. The second-order valence-electron chi connectivity index (χ2n) is 25.4. The third kappa shape index (κ3) is 13.8. The summed E-state index contributed by atoms with van der Waals surface area (Å²) in [4.78, 5) is 81.0. The van der Waals surface area contributed by atoms with Gasteiger partial charge in [0.25, 0.3) is 0 Å². The number of ether oxygens (including phenoxy) is 1. The number of nitrogens with zero attached hydrogens (tertiary/aromatic N) is 4. The minimum absolute atomic E-state index is 0.0325. The van der Waals surface area contributed by atoms with Crippen molar-refractivity contribution in [3.05, 3.63) is 0 Å². The molecule has 5 N–H and O–H groups in total. The van der Waals surface area contributed by atoms with E-state index in [2.05, 4.69) is 35.1 Å². The topological polar surface area (TPSA) is 261 Å². The molecule has 6 amide bonds. The maximum Gasteiger partial charge on any atom is 0.328 e. The Balaban J connectivity index is 0.000000365. The van der Waals surface area contributed by atoms with Gasteiger partial charge in [-0.15, -0.1) is 0 Å². The molecule has 69 heavy (non-hydrogen) atoms. The Morgan fingerprint density at radius 2 is 0.899 bits per heavy atom. The Morgan fingerprint density at radius 3 is 1.16 bits per heavy atom. The predicted molar refractivity (Wildman–Crippen MR) is 263 cm³/mol. The highest BCUT2D eigenvalue weighted by Crippen LogP contribution is 2.66. The van der Waals surface area contributed by atoms with Crippen molar-refractivity contribution in [2.45, 2.75) is 147 Å². The van der Waals surface area contributed by atoms with Crippen molar-refractivity contribution < 1.29 is 55.4 Å². The maximum absolute atomic E-state index is 13.7. The molecule has 0 aromatic heterocycles. The molecule has 0 radical (unpaired) electrons. The molecular weight excluding hydrogens is 933 g/mol. The zero-order chi connectivity index (χ0) is 53.9. The number of esters is 1. The van der Waals surface area contributed by atoms with Gasteiger partial charge in [0.2, 0.25) is 31.9 Å². The fraction of sp³-hybridized carbons (Fsp3) is 0.872. The predicted octanol–water partition coefficient (Wildman–Crippen LogP) is 3.24. The summed E-state index contributed by atoms with van der Waals surface area (Å²) in [5.74, 6) is -1.94. The molecule has 0 aromatic carbocycles. The number of sulfonamides is 2. The number of likely N-dealkylation sites (N-methyl/N-ethyl adjacent to an activating group) is 2. The number of nitrogens with one attached hydrogen (secondary N) is 4. The Hall–Kier alpha value is -3.76. The van der Waals surface area contributed by atoms with Crippen LogP contribution in [0.25, 0.3) is 0 Å². The Bertz CT molecular complexity index is 2190. The van der Waals surface area contributed by atoms with Gasteiger partial charge in [-0.2, -0.15) is 0 Å². The van der Waals surface area contributed by atoms with Crippen LogP contribution in [0.2, 0.25) is 0 Å². The summed E-state index contributed by atoms with van der Waals surface area (Å²) in [5, 5.41) is 21.1. The molecule has 22 heteroatoms. The zero-order valence-electron chi connectivity index (χ0n) is 45.1. The average molecular weight is 1020 g/mol. The van der Waals surface area contributed by atoms with E-state index in [0.717, 1.165) is 12.5 Å². The lowest BCUT2D eigenvalue weighted by Crippen LogP contribution is -2.61. The van der Waals surface area contributed by atoms with Crippen molar-refractivity contribution >= 4 is 55.9 Å². The van der Waals surface area contributed by atoms with Crippen LogP contribution >= 0.6 is 0 Å². The minimum atomic E-state index is -3.44. The summed E-state index contributed by atoms with van der Waals surface area (Å²) in [6.07, 6.45) is 2.21. The Kier molecular flexibility index (Phi) is 17.3. The van der Waals surface area contributed by atoms with Gasteiger partial charge < -0.3 is 40.9 Å². The number of carboxylic acid groups (broad SMARTS) is 1. The first-order valence-electron chi connectivity index (χ1n) is 23.6. The summed E-state index contributed by atoms with van der Waals surface area (Å²) < 4.78 is 55.0. The average Bonchev–Trinajstić information content (AvgIpc) is 3.62. The second kappa shape index (κ2) is 20.0. The van der Waals surface area contributed by atoms with Crippen molar-refractivity contribution in [1.82, 2.24) is 39.7 Å². The lowest BCUT2D eigenvalue weighted by atomic mass is 9.85. The van der Waals surface area contributed by atoms with E-state index in [1.165, 1.54) is 34.7 Å². The van der Waals surface area contributed by atoms with Gasteiger partial charge in [-0.05, 0) is 44.3 Å². The number of piperidine rings is 2. The van der Waals surface area contributed by atoms with E-state index in [0.29, 0.717) is 13.1 Å². The molecule has 0 unspecified atom stereocenters. The van der Waals surface area contributed by atoms with Gasteiger partial charge in [-0.1, -0.05) is 111 Å². The highest BCUT2D eigenvalue weighted by Gasteiger charge is 2.71. The second-order valence-corrected chi connectivity index (χ2v) is 29.6. The van der Waals surface area contributed by atoms with Gasteiger partial charge in [0.15, 0.2) is 0 Å². The summed E-state index contributed by atoms with van der Waals surface area (Å²) >= 11 is 0. The number of fused-ring (bicyclic) bond motifs is 2. The highest BCUT2D eigenvalue weighted by molar-refractivity contribution is 7.88. The van der Waals surface area contributed by atoms with Crippen LogP contribution in [-0.2, 0) is 44.0 Å². The molecule has 0 aromatic rings. The maximum atomic E-state index is 13.7. The molecule has 2 heterocycles. The molecule has 4 rings (SSSR count). The van der Waals surface area contributed by atoms with Crippen molar-refractivity contribution in [2.75, 3.05) is 59.9 Å². The number of aliphatic carboxylic acids is 1. The third-order valence-electron chi connectivity index (χ3n) is 15.2. The van der Waals surface area contributed by atoms with Crippen molar-refractivity contribution in [3.63, 3.8) is 0 Å². The molecule has 0 spiro atoms. The van der Waals surface area contributed by atoms with Crippen LogP contribution in [-0.4, -0.2) is 172 Å². The molecule has 2 saturated heterocycles. The molecule has 0 bridgehead atoms. The van der Waals surface area contributed by atoms with E-state index in [4.69, 9.17) is 4.74 Å². The Morgan fingerprint density at radius 1 is 0.594 bits per heavy atom. The SMILES string of the molecule is CN(C[C@@H](NC(=O)N[C@H](C(=O)N1C[C@H]2[C@@H]([C@H]1C(=O)O)C2(C)C)C(C)(C)C)C(C)(C)C)S(C)(=O)=O.COC(=O)[C@@H]1[C@@H]2[C@H](CN1C(=O)[C@@H](NC(=O)N[C@H](CN(C)S(C)(=O)=O)C(C)(C)C)C(C)(C)C)C2(C)C. The van der Waals surface area contributed by atoms with Gasteiger partial charge in [0.05, 0.1) is 19.6 Å². The molecule has 2 aliphatic heterocycles. The molecule has 2 saturated carbocycles. The zero-order valence-corrected chi connectivity index (χ0v) is 46.8. The number of urea groups is 2. The van der Waals surface area contributed by atoms with Gasteiger partial charge >= 0.3 is 24.0 Å². The molecule has 2 aliphatic carbocycles. The number of likely N-dealkylation sites (tertiary alicyclic amines) is 2. The minimum Gasteiger partial charge on any atom is -0.480 e. The van der Waals surface area contributed by atoms with E-state index >= 15 is 0 Å². The molecule has 4 fully saturated rings. The van der Waals surface area contributed by atoms with Gasteiger partial charge in [-0.3, -0.25) is 9.59 Å². The quantitative estimate of drug-likeness (QED) is 0.157. The molecular formula is C47H86N8O12S2. The summed E-state index contributed by atoms with van der Waals surface area (Å²) in [6.45, 7) is 31.5. The van der Waals surface area contributed by atoms with E-state index in [1.807, 2.05) is 96.9 Å². The number of hydrogen-bond donors (Lipinski definition) is 5.